The Bertz CT molecular complexity index is 324. The number of nitrogens with zero attached hydrogens (tertiary/aromatic N) is 2. The summed E-state index contributed by atoms with van der Waals surface area (Å²) in [6.45, 7) is 18.1. The van der Waals surface area contributed by atoms with E-state index in [2.05, 4.69) is 56.8 Å². The van der Waals surface area contributed by atoms with Gasteiger partial charge in [-0.05, 0) is 52.0 Å². The highest BCUT2D eigenvalue weighted by atomic mass is 15.3. The van der Waals surface area contributed by atoms with Crippen LogP contribution in [0.25, 0.3) is 0 Å². The standard InChI is InChI=1S/C18H37N3/c1-17(2,3)21-12-10-20(11-13-21)14-15-8-7-9-18(4,5)16(15)19-6/h15-16,19H,7-14H2,1-6H3. The van der Waals surface area contributed by atoms with Gasteiger partial charge in [-0.2, -0.15) is 0 Å². The molecule has 1 N–H and O–H groups in total. The van der Waals surface area contributed by atoms with Crippen LogP contribution in [0.4, 0.5) is 0 Å². The van der Waals surface area contributed by atoms with E-state index in [1.54, 1.807) is 0 Å². The van der Waals surface area contributed by atoms with E-state index >= 15 is 0 Å². The Balaban J connectivity index is 1.88. The summed E-state index contributed by atoms with van der Waals surface area (Å²) >= 11 is 0. The first kappa shape index (κ1) is 17.2. The van der Waals surface area contributed by atoms with E-state index in [1.165, 1.54) is 52.0 Å². The van der Waals surface area contributed by atoms with Crippen molar-refractivity contribution in [3.8, 4) is 0 Å². The minimum absolute atomic E-state index is 0.326. The van der Waals surface area contributed by atoms with Crippen LogP contribution in [0.5, 0.6) is 0 Å². The first-order chi connectivity index (χ1) is 9.74. The highest BCUT2D eigenvalue weighted by Gasteiger charge is 2.39. The van der Waals surface area contributed by atoms with Crippen molar-refractivity contribution in [2.75, 3.05) is 39.8 Å². The summed E-state index contributed by atoms with van der Waals surface area (Å²) in [7, 11) is 2.16. The lowest BCUT2D eigenvalue weighted by molar-refractivity contribution is 0.0331. The smallest absolute Gasteiger partial charge is 0.0156 e. The molecule has 0 radical (unpaired) electrons. The van der Waals surface area contributed by atoms with Gasteiger partial charge in [-0.3, -0.25) is 4.90 Å². The average molecular weight is 296 g/mol. The van der Waals surface area contributed by atoms with Gasteiger partial charge in [-0.25, -0.2) is 0 Å². The highest BCUT2D eigenvalue weighted by molar-refractivity contribution is 4.94. The van der Waals surface area contributed by atoms with Crippen molar-refractivity contribution in [1.82, 2.24) is 15.1 Å². The molecule has 3 heteroatoms. The molecule has 3 nitrogen and oxygen atoms in total. The van der Waals surface area contributed by atoms with Gasteiger partial charge < -0.3 is 10.2 Å². The van der Waals surface area contributed by atoms with E-state index < -0.39 is 0 Å². The van der Waals surface area contributed by atoms with Gasteiger partial charge in [0.1, 0.15) is 0 Å². The van der Waals surface area contributed by atoms with E-state index in [0.29, 0.717) is 17.0 Å². The molecule has 0 aromatic rings. The van der Waals surface area contributed by atoms with Crippen LogP contribution < -0.4 is 5.32 Å². The quantitative estimate of drug-likeness (QED) is 0.864. The van der Waals surface area contributed by atoms with E-state index in [-0.39, 0.29) is 0 Å². The molecule has 0 aromatic carbocycles. The molecule has 1 aliphatic carbocycles. The third-order valence-corrected chi connectivity index (χ3v) is 5.83. The van der Waals surface area contributed by atoms with Crippen molar-refractivity contribution in [1.29, 1.82) is 0 Å². The normalized spacial score (nSPS) is 32.3. The zero-order valence-electron chi connectivity index (χ0n) is 15.2. The van der Waals surface area contributed by atoms with E-state index in [0.717, 1.165) is 5.92 Å². The zero-order chi connectivity index (χ0) is 15.7. The maximum atomic E-state index is 3.63. The van der Waals surface area contributed by atoms with E-state index in [1.807, 2.05) is 0 Å². The van der Waals surface area contributed by atoms with Crippen LogP contribution in [-0.2, 0) is 0 Å². The molecule has 2 aliphatic rings. The fourth-order valence-electron chi connectivity index (χ4n) is 4.54. The molecule has 2 fully saturated rings. The van der Waals surface area contributed by atoms with Crippen LogP contribution >= 0.6 is 0 Å². The predicted molar refractivity (Wildman–Crippen MR) is 91.7 cm³/mol. The molecule has 2 rings (SSSR count). The summed E-state index contributed by atoms with van der Waals surface area (Å²) in [6, 6.07) is 0.673. The maximum Gasteiger partial charge on any atom is 0.0156 e. The van der Waals surface area contributed by atoms with Gasteiger partial charge in [0.2, 0.25) is 0 Å². The summed E-state index contributed by atoms with van der Waals surface area (Å²) in [4.78, 5) is 5.34. The minimum atomic E-state index is 0.326. The molecule has 124 valence electrons. The first-order valence-electron chi connectivity index (χ1n) is 8.89. The Labute approximate surface area is 132 Å². The summed E-state index contributed by atoms with van der Waals surface area (Å²) in [5.41, 5.74) is 0.775. The van der Waals surface area contributed by atoms with E-state index in [9.17, 15) is 0 Å². The summed E-state index contributed by atoms with van der Waals surface area (Å²) in [5.74, 6) is 0.819. The topological polar surface area (TPSA) is 18.5 Å². The molecule has 1 heterocycles. The third-order valence-electron chi connectivity index (χ3n) is 5.83. The fourth-order valence-corrected chi connectivity index (χ4v) is 4.54. The molecule has 0 amide bonds. The molecular weight excluding hydrogens is 258 g/mol. The van der Waals surface area contributed by atoms with Crippen molar-refractivity contribution in [2.45, 2.75) is 65.5 Å². The molecule has 2 atom stereocenters. The molecule has 1 saturated heterocycles. The van der Waals surface area contributed by atoms with Gasteiger partial charge in [-0.15, -0.1) is 0 Å². The van der Waals surface area contributed by atoms with Gasteiger partial charge in [0.15, 0.2) is 0 Å². The van der Waals surface area contributed by atoms with Crippen LogP contribution in [0.1, 0.15) is 53.9 Å². The van der Waals surface area contributed by atoms with Crippen molar-refractivity contribution in [2.24, 2.45) is 11.3 Å². The fraction of sp³-hybridized carbons (Fsp3) is 1.00. The monoisotopic (exact) mass is 295 g/mol. The summed E-state index contributed by atoms with van der Waals surface area (Å²) < 4.78 is 0. The molecule has 21 heavy (non-hydrogen) atoms. The molecule has 1 aliphatic heterocycles. The summed E-state index contributed by atoms with van der Waals surface area (Å²) in [5, 5.41) is 3.63. The number of hydrogen-bond acceptors (Lipinski definition) is 3. The Kier molecular flexibility index (Phi) is 5.38. The minimum Gasteiger partial charge on any atom is -0.316 e. The second-order valence-electron chi connectivity index (χ2n) is 8.87. The zero-order valence-corrected chi connectivity index (χ0v) is 15.2. The maximum absolute atomic E-state index is 3.63. The lowest BCUT2D eigenvalue weighted by atomic mass is 9.68. The SMILES string of the molecule is CNC1C(CN2CCN(C(C)(C)C)CC2)CCCC1(C)C. The van der Waals surface area contributed by atoms with E-state index in [4.69, 9.17) is 0 Å². The van der Waals surface area contributed by atoms with Crippen LogP contribution in [0.15, 0.2) is 0 Å². The van der Waals surface area contributed by atoms with Crippen LogP contribution in [0.3, 0.4) is 0 Å². The molecule has 1 saturated carbocycles. The van der Waals surface area contributed by atoms with Crippen molar-refractivity contribution in [3.05, 3.63) is 0 Å². The van der Waals surface area contributed by atoms with Crippen molar-refractivity contribution < 1.29 is 0 Å². The van der Waals surface area contributed by atoms with Crippen molar-refractivity contribution in [3.63, 3.8) is 0 Å². The van der Waals surface area contributed by atoms with Gasteiger partial charge in [0, 0.05) is 44.3 Å². The Morgan fingerprint density at radius 2 is 1.71 bits per heavy atom. The number of nitrogens with one attached hydrogen (secondary N) is 1. The second-order valence-corrected chi connectivity index (χ2v) is 8.87. The second kappa shape index (κ2) is 6.55. The lowest BCUT2D eigenvalue weighted by Gasteiger charge is -2.47. The highest BCUT2D eigenvalue weighted by Crippen LogP contribution is 2.39. The molecule has 0 bridgehead atoms. The molecule has 0 spiro atoms. The van der Waals surface area contributed by atoms with Gasteiger partial charge in [-0.1, -0.05) is 20.3 Å². The summed E-state index contributed by atoms with van der Waals surface area (Å²) in [6.07, 6.45) is 4.17. The Morgan fingerprint density at radius 3 is 2.24 bits per heavy atom. The van der Waals surface area contributed by atoms with Gasteiger partial charge in [0.05, 0.1) is 0 Å². The van der Waals surface area contributed by atoms with Crippen LogP contribution in [0.2, 0.25) is 0 Å². The average Bonchev–Trinajstić information content (AvgIpc) is 2.37. The molecule has 2 unspecified atom stereocenters. The van der Waals surface area contributed by atoms with Gasteiger partial charge >= 0.3 is 0 Å². The largest absolute Gasteiger partial charge is 0.316 e. The first-order valence-corrected chi connectivity index (χ1v) is 8.89. The van der Waals surface area contributed by atoms with Crippen molar-refractivity contribution >= 4 is 0 Å². The van der Waals surface area contributed by atoms with Gasteiger partial charge in [0.25, 0.3) is 0 Å². The Hall–Kier alpha value is -0.120. The van der Waals surface area contributed by atoms with Crippen LogP contribution in [-0.4, -0.2) is 61.2 Å². The number of rotatable bonds is 3. The molecule has 0 aromatic heterocycles. The number of hydrogen-bond donors (Lipinski definition) is 1. The van der Waals surface area contributed by atoms with Crippen LogP contribution in [0, 0.1) is 11.3 Å². The Morgan fingerprint density at radius 1 is 1.10 bits per heavy atom. The third kappa shape index (κ3) is 4.20. The molecular formula is C18H37N3. The predicted octanol–water partition coefficient (Wildman–Crippen LogP) is 2.82. The number of piperazine rings is 1. The lowest BCUT2D eigenvalue weighted by Crippen LogP contribution is -2.56.